The number of aromatic nitrogens is 9. The molecule has 1 aliphatic rings. The Morgan fingerprint density at radius 3 is 2.83 bits per heavy atom. The standard InChI is InChI=1S/C23H19ClN10O/c1-12-2-4-16(33-11-27-31-32-33)14(8-12)15-9-20(35)34-17(5-7-19(34)28-15)23-29-21(22(24)30-23)13-3-6-18(25)26-10-13/h2-4,6,8-11,17H,5,7H2,1H3,(H2,25,26)(H,29,30)/t17-/m0/s1. The van der Waals surface area contributed by atoms with Gasteiger partial charge in [0.1, 0.15) is 23.8 Å². The van der Waals surface area contributed by atoms with Crippen molar-refractivity contribution in [3.05, 3.63) is 81.6 Å². The SMILES string of the molecule is Cc1ccc(-n2cnnn2)c(-c2cc(=O)n3c(n2)CC[C@H]3c2nc(Cl)c(-c3ccc(N)nc3)[nH]2)c1. The van der Waals surface area contributed by atoms with Crippen molar-refractivity contribution in [1.29, 1.82) is 0 Å². The van der Waals surface area contributed by atoms with Gasteiger partial charge in [-0.1, -0.05) is 23.2 Å². The van der Waals surface area contributed by atoms with E-state index in [0.717, 1.165) is 22.4 Å². The minimum atomic E-state index is -0.302. The number of rotatable bonds is 4. The van der Waals surface area contributed by atoms with Crippen LogP contribution < -0.4 is 11.3 Å². The Balaban J connectivity index is 1.41. The molecule has 0 unspecified atom stereocenters. The normalized spacial score (nSPS) is 14.9. The lowest BCUT2D eigenvalue weighted by molar-refractivity contribution is 0.568. The molecule has 5 heterocycles. The van der Waals surface area contributed by atoms with E-state index in [2.05, 4.69) is 30.5 Å². The average molecular weight is 487 g/mol. The number of anilines is 1. The summed E-state index contributed by atoms with van der Waals surface area (Å²) in [7, 11) is 0. The number of nitrogens with zero attached hydrogens (tertiary/aromatic N) is 8. The number of halogens is 1. The monoisotopic (exact) mass is 486 g/mol. The molecule has 0 bridgehead atoms. The van der Waals surface area contributed by atoms with Gasteiger partial charge in [-0.25, -0.2) is 15.0 Å². The highest BCUT2D eigenvalue weighted by molar-refractivity contribution is 6.31. The fraction of sp³-hybridized carbons (Fsp3) is 0.174. The highest BCUT2D eigenvalue weighted by atomic mass is 35.5. The molecule has 1 aliphatic heterocycles. The summed E-state index contributed by atoms with van der Waals surface area (Å²) in [4.78, 5) is 30.1. The summed E-state index contributed by atoms with van der Waals surface area (Å²) < 4.78 is 3.23. The molecule has 5 aromatic rings. The van der Waals surface area contributed by atoms with Crippen LogP contribution >= 0.6 is 11.6 Å². The third kappa shape index (κ3) is 3.66. The summed E-state index contributed by atoms with van der Waals surface area (Å²) in [5.41, 5.74) is 10.0. The first kappa shape index (κ1) is 21.2. The summed E-state index contributed by atoms with van der Waals surface area (Å²) in [5, 5.41) is 11.8. The van der Waals surface area contributed by atoms with Crippen molar-refractivity contribution in [2.75, 3.05) is 5.73 Å². The predicted octanol–water partition coefficient (Wildman–Crippen LogP) is 2.75. The van der Waals surface area contributed by atoms with E-state index in [0.29, 0.717) is 46.8 Å². The molecule has 0 spiro atoms. The second-order valence-electron chi connectivity index (χ2n) is 8.35. The lowest BCUT2D eigenvalue weighted by atomic mass is 10.1. The van der Waals surface area contributed by atoms with Gasteiger partial charge in [0.2, 0.25) is 0 Å². The van der Waals surface area contributed by atoms with Gasteiger partial charge >= 0.3 is 0 Å². The molecule has 0 amide bonds. The Morgan fingerprint density at radius 2 is 2.06 bits per heavy atom. The lowest BCUT2D eigenvalue weighted by Gasteiger charge is -2.14. The Bertz CT molecular complexity index is 1600. The number of hydrogen-bond acceptors (Lipinski definition) is 8. The summed E-state index contributed by atoms with van der Waals surface area (Å²) in [5.74, 6) is 1.70. The molecule has 4 aromatic heterocycles. The molecule has 0 saturated carbocycles. The maximum atomic E-state index is 13.3. The van der Waals surface area contributed by atoms with Gasteiger partial charge in [-0.15, -0.1) is 5.10 Å². The Labute approximate surface area is 203 Å². The topological polar surface area (TPSA) is 146 Å². The molecule has 1 atom stereocenters. The summed E-state index contributed by atoms with van der Waals surface area (Å²) in [6.07, 6.45) is 4.43. The van der Waals surface area contributed by atoms with Gasteiger partial charge in [0.15, 0.2) is 5.15 Å². The maximum Gasteiger partial charge on any atom is 0.254 e. The van der Waals surface area contributed by atoms with Gasteiger partial charge in [-0.2, -0.15) is 4.68 Å². The smallest absolute Gasteiger partial charge is 0.254 e. The molecule has 12 heteroatoms. The van der Waals surface area contributed by atoms with Gasteiger partial charge in [-0.05, 0) is 48.0 Å². The van der Waals surface area contributed by atoms with Crippen molar-refractivity contribution in [3.8, 4) is 28.2 Å². The maximum absolute atomic E-state index is 13.3. The zero-order valence-corrected chi connectivity index (χ0v) is 19.3. The number of benzene rings is 1. The average Bonchev–Trinajstić information content (AvgIpc) is 3.59. The second-order valence-corrected chi connectivity index (χ2v) is 8.71. The number of tetrazole rings is 1. The minimum Gasteiger partial charge on any atom is -0.384 e. The van der Waals surface area contributed by atoms with Gasteiger partial charge in [0, 0.05) is 29.8 Å². The number of aromatic amines is 1. The largest absolute Gasteiger partial charge is 0.384 e. The van der Waals surface area contributed by atoms with Crippen molar-refractivity contribution in [3.63, 3.8) is 0 Å². The van der Waals surface area contributed by atoms with Crippen LogP contribution in [0.2, 0.25) is 5.15 Å². The summed E-state index contributed by atoms with van der Waals surface area (Å²) in [6.45, 7) is 1.98. The highest BCUT2D eigenvalue weighted by Crippen LogP contribution is 2.34. The van der Waals surface area contributed by atoms with Crippen molar-refractivity contribution >= 4 is 17.4 Å². The van der Waals surface area contributed by atoms with Crippen LogP contribution in [0.4, 0.5) is 5.82 Å². The number of H-pyrrole nitrogens is 1. The molecular weight excluding hydrogens is 468 g/mol. The van der Waals surface area contributed by atoms with E-state index < -0.39 is 0 Å². The second kappa shape index (κ2) is 8.13. The first-order valence-electron chi connectivity index (χ1n) is 10.9. The van der Waals surface area contributed by atoms with Gasteiger partial charge in [0.25, 0.3) is 5.56 Å². The van der Waals surface area contributed by atoms with Crippen LogP contribution in [0.25, 0.3) is 28.2 Å². The first-order valence-corrected chi connectivity index (χ1v) is 11.3. The quantitative estimate of drug-likeness (QED) is 0.394. The molecule has 3 N–H and O–H groups in total. The predicted molar refractivity (Wildman–Crippen MR) is 129 cm³/mol. The molecule has 174 valence electrons. The van der Waals surface area contributed by atoms with Crippen molar-refractivity contribution in [2.24, 2.45) is 0 Å². The van der Waals surface area contributed by atoms with E-state index >= 15 is 0 Å². The third-order valence-corrected chi connectivity index (χ3v) is 6.34. The minimum absolute atomic E-state index is 0.167. The van der Waals surface area contributed by atoms with E-state index in [1.54, 1.807) is 27.6 Å². The van der Waals surface area contributed by atoms with Crippen molar-refractivity contribution in [1.82, 2.24) is 44.7 Å². The number of fused-ring (bicyclic) bond motifs is 1. The van der Waals surface area contributed by atoms with Gasteiger partial charge < -0.3 is 10.7 Å². The number of aryl methyl sites for hydroxylation is 2. The molecule has 6 rings (SSSR count). The van der Waals surface area contributed by atoms with Crippen LogP contribution in [0.15, 0.2) is 53.7 Å². The van der Waals surface area contributed by atoms with E-state index in [9.17, 15) is 4.79 Å². The summed E-state index contributed by atoms with van der Waals surface area (Å²) >= 11 is 6.43. The molecule has 0 radical (unpaired) electrons. The Morgan fingerprint density at radius 1 is 1.17 bits per heavy atom. The number of hydrogen-bond donors (Lipinski definition) is 2. The number of pyridine rings is 1. The Kier molecular flexibility index (Phi) is 4.92. The molecule has 0 saturated heterocycles. The Hall–Kier alpha value is -4.38. The van der Waals surface area contributed by atoms with Crippen LogP contribution in [-0.2, 0) is 6.42 Å². The fourth-order valence-electron chi connectivity index (χ4n) is 4.44. The van der Waals surface area contributed by atoms with Gasteiger partial charge in [0.05, 0.1) is 23.1 Å². The number of nitrogens with one attached hydrogen (secondary N) is 1. The molecule has 0 aliphatic carbocycles. The van der Waals surface area contributed by atoms with E-state index in [4.69, 9.17) is 22.3 Å². The van der Waals surface area contributed by atoms with Gasteiger partial charge in [-0.3, -0.25) is 9.36 Å². The lowest BCUT2D eigenvalue weighted by Crippen LogP contribution is -2.25. The van der Waals surface area contributed by atoms with Crippen molar-refractivity contribution in [2.45, 2.75) is 25.8 Å². The summed E-state index contributed by atoms with van der Waals surface area (Å²) in [6, 6.07) is 10.6. The molecule has 0 fully saturated rings. The first-order chi connectivity index (χ1) is 17.0. The van der Waals surface area contributed by atoms with Crippen LogP contribution in [0.3, 0.4) is 0 Å². The molecule has 35 heavy (non-hydrogen) atoms. The van der Waals surface area contributed by atoms with Crippen LogP contribution in [0.5, 0.6) is 0 Å². The third-order valence-electron chi connectivity index (χ3n) is 6.07. The number of nitrogens with two attached hydrogens (primary N) is 1. The van der Waals surface area contributed by atoms with Crippen molar-refractivity contribution < 1.29 is 0 Å². The zero-order chi connectivity index (χ0) is 24.1. The van der Waals surface area contributed by atoms with E-state index in [-0.39, 0.29) is 11.6 Å². The molecular formula is C23H19ClN10O. The van der Waals surface area contributed by atoms with Crippen LogP contribution in [0, 0.1) is 6.92 Å². The number of imidazole rings is 1. The molecule has 11 nitrogen and oxygen atoms in total. The fourth-order valence-corrected chi connectivity index (χ4v) is 4.69. The van der Waals surface area contributed by atoms with E-state index in [1.165, 1.54) is 6.33 Å². The van der Waals surface area contributed by atoms with E-state index in [1.807, 2.05) is 31.2 Å². The van der Waals surface area contributed by atoms with Crippen LogP contribution in [0.1, 0.15) is 29.7 Å². The molecule has 1 aromatic carbocycles. The number of nitrogen functional groups attached to an aromatic ring is 1. The zero-order valence-electron chi connectivity index (χ0n) is 18.6. The van der Waals surface area contributed by atoms with Crippen LogP contribution in [-0.4, -0.2) is 44.7 Å². The highest BCUT2D eigenvalue weighted by Gasteiger charge is 2.30.